The third-order valence-electron chi connectivity index (χ3n) is 4.86. The molecule has 2 atom stereocenters. The number of esters is 1. The molecule has 2 N–H and O–H groups in total. The molecule has 6 heteroatoms. The third kappa shape index (κ3) is 7.04. The van der Waals surface area contributed by atoms with Crippen molar-refractivity contribution in [3.63, 3.8) is 0 Å². The normalized spacial score (nSPS) is 16.9. The SMILES string of the molecule is CC(=O)NC(CC(=O)OC(C)C(=O)NC1CCCCC1)c1ccc(C)cc1. The Bertz CT molecular complexity index is 651. The molecule has 2 unspecified atom stereocenters. The number of carbonyl (C=O) groups is 3. The lowest BCUT2D eigenvalue weighted by atomic mass is 9.95. The second-order valence-corrected chi connectivity index (χ2v) is 7.34. The standard InChI is InChI=1S/C21H30N2O4/c1-14-9-11-17(12-10-14)19(22-16(3)24)13-20(25)27-15(2)21(26)23-18-7-5-4-6-8-18/h9-12,15,18-19H,4-8,13H2,1-3H3,(H,22,24)(H,23,26). The number of carbonyl (C=O) groups excluding carboxylic acids is 3. The molecule has 27 heavy (non-hydrogen) atoms. The van der Waals surface area contributed by atoms with E-state index in [1.807, 2.05) is 31.2 Å². The molecule has 1 fully saturated rings. The molecule has 0 spiro atoms. The monoisotopic (exact) mass is 374 g/mol. The van der Waals surface area contributed by atoms with Gasteiger partial charge in [-0.05, 0) is 32.3 Å². The van der Waals surface area contributed by atoms with E-state index in [4.69, 9.17) is 4.74 Å². The molecule has 6 nitrogen and oxygen atoms in total. The van der Waals surface area contributed by atoms with Crippen LogP contribution in [0.15, 0.2) is 24.3 Å². The smallest absolute Gasteiger partial charge is 0.309 e. The quantitative estimate of drug-likeness (QED) is 0.719. The van der Waals surface area contributed by atoms with Gasteiger partial charge in [0.05, 0.1) is 12.5 Å². The van der Waals surface area contributed by atoms with Crippen molar-refractivity contribution in [1.82, 2.24) is 10.6 Å². The highest BCUT2D eigenvalue weighted by atomic mass is 16.5. The summed E-state index contributed by atoms with van der Waals surface area (Å²) in [5.74, 6) is -1.00. The average Bonchev–Trinajstić information content (AvgIpc) is 2.62. The van der Waals surface area contributed by atoms with E-state index in [-0.39, 0.29) is 24.3 Å². The zero-order valence-electron chi connectivity index (χ0n) is 16.4. The Labute approximate surface area is 161 Å². The number of rotatable bonds is 7. The van der Waals surface area contributed by atoms with E-state index >= 15 is 0 Å². The van der Waals surface area contributed by atoms with Gasteiger partial charge >= 0.3 is 5.97 Å². The molecular weight excluding hydrogens is 344 g/mol. The van der Waals surface area contributed by atoms with Crippen molar-refractivity contribution < 1.29 is 19.1 Å². The maximum absolute atomic E-state index is 12.3. The molecule has 0 aliphatic heterocycles. The fourth-order valence-electron chi connectivity index (χ4n) is 3.33. The van der Waals surface area contributed by atoms with Gasteiger partial charge in [-0.15, -0.1) is 0 Å². The highest BCUT2D eigenvalue weighted by molar-refractivity contribution is 5.84. The minimum absolute atomic E-state index is 0.0241. The minimum Gasteiger partial charge on any atom is -0.452 e. The Morgan fingerprint density at radius 1 is 1.11 bits per heavy atom. The summed E-state index contributed by atoms with van der Waals surface area (Å²) in [7, 11) is 0. The van der Waals surface area contributed by atoms with Crippen molar-refractivity contribution in [3.8, 4) is 0 Å². The van der Waals surface area contributed by atoms with Crippen molar-refractivity contribution in [3.05, 3.63) is 35.4 Å². The summed E-state index contributed by atoms with van der Waals surface area (Å²) in [6, 6.07) is 7.30. The Morgan fingerprint density at radius 3 is 2.33 bits per heavy atom. The summed E-state index contributed by atoms with van der Waals surface area (Å²) in [6.07, 6.45) is 4.52. The van der Waals surface area contributed by atoms with Crippen LogP contribution in [0.1, 0.15) is 69.5 Å². The van der Waals surface area contributed by atoms with Crippen LogP contribution in [-0.2, 0) is 19.1 Å². The van der Waals surface area contributed by atoms with Gasteiger partial charge in [0.25, 0.3) is 5.91 Å². The van der Waals surface area contributed by atoms with Gasteiger partial charge in [-0.2, -0.15) is 0 Å². The molecule has 1 aliphatic carbocycles. The maximum atomic E-state index is 12.3. The largest absolute Gasteiger partial charge is 0.452 e. The zero-order valence-corrected chi connectivity index (χ0v) is 16.4. The van der Waals surface area contributed by atoms with Gasteiger partial charge < -0.3 is 15.4 Å². The van der Waals surface area contributed by atoms with Gasteiger partial charge in [-0.25, -0.2) is 0 Å². The predicted octanol–water partition coefficient (Wildman–Crippen LogP) is 2.94. The third-order valence-corrected chi connectivity index (χ3v) is 4.86. The summed E-state index contributed by atoms with van der Waals surface area (Å²) in [4.78, 5) is 36.1. The average molecular weight is 374 g/mol. The van der Waals surface area contributed by atoms with Crippen LogP contribution in [0.4, 0.5) is 0 Å². The van der Waals surface area contributed by atoms with Crippen LogP contribution in [0.3, 0.4) is 0 Å². The number of hydrogen-bond donors (Lipinski definition) is 2. The first-order valence-corrected chi connectivity index (χ1v) is 9.68. The number of nitrogens with one attached hydrogen (secondary N) is 2. The van der Waals surface area contributed by atoms with Gasteiger partial charge in [0.15, 0.2) is 6.10 Å². The molecule has 2 rings (SSSR count). The molecule has 1 aliphatic rings. The molecule has 0 saturated heterocycles. The summed E-state index contributed by atoms with van der Waals surface area (Å²) < 4.78 is 5.31. The van der Waals surface area contributed by atoms with E-state index in [0.717, 1.165) is 36.8 Å². The lowest BCUT2D eigenvalue weighted by molar-refractivity contribution is -0.155. The maximum Gasteiger partial charge on any atom is 0.309 e. The van der Waals surface area contributed by atoms with Gasteiger partial charge in [0.2, 0.25) is 5.91 Å². The van der Waals surface area contributed by atoms with Crippen LogP contribution in [0.5, 0.6) is 0 Å². The molecule has 0 radical (unpaired) electrons. The van der Waals surface area contributed by atoms with Crippen LogP contribution in [-0.4, -0.2) is 29.9 Å². The number of benzene rings is 1. The minimum atomic E-state index is -0.851. The fraction of sp³-hybridized carbons (Fsp3) is 0.571. The predicted molar refractivity (Wildman–Crippen MR) is 103 cm³/mol. The van der Waals surface area contributed by atoms with Crippen molar-refractivity contribution in [2.45, 2.75) is 77.5 Å². The highest BCUT2D eigenvalue weighted by Gasteiger charge is 2.24. The Morgan fingerprint density at radius 2 is 1.74 bits per heavy atom. The van der Waals surface area contributed by atoms with Crippen LogP contribution >= 0.6 is 0 Å². The van der Waals surface area contributed by atoms with Gasteiger partial charge in [-0.1, -0.05) is 49.1 Å². The molecular formula is C21H30N2O4. The van der Waals surface area contributed by atoms with Crippen LogP contribution in [0.25, 0.3) is 0 Å². The van der Waals surface area contributed by atoms with Crippen molar-refractivity contribution >= 4 is 17.8 Å². The van der Waals surface area contributed by atoms with Gasteiger partial charge in [0, 0.05) is 13.0 Å². The molecule has 0 aromatic heterocycles. The van der Waals surface area contributed by atoms with Crippen LogP contribution in [0.2, 0.25) is 0 Å². The second-order valence-electron chi connectivity index (χ2n) is 7.34. The summed E-state index contributed by atoms with van der Waals surface area (Å²) in [5.41, 5.74) is 1.92. The Balaban J connectivity index is 1.90. The van der Waals surface area contributed by atoms with E-state index in [0.29, 0.717) is 0 Å². The van der Waals surface area contributed by atoms with E-state index < -0.39 is 18.1 Å². The van der Waals surface area contributed by atoms with Crippen LogP contribution < -0.4 is 10.6 Å². The number of ether oxygens (including phenoxy) is 1. The topological polar surface area (TPSA) is 84.5 Å². The van der Waals surface area contributed by atoms with E-state index in [1.165, 1.54) is 13.3 Å². The van der Waals surface area contributed by atoms with Crippen LogP contribution in [0, 0.1) is 6.92 Å². The summed E-state index contributed by atoms with van der Waals surface area (Å²) in [5, 5.41) is 5.74. The molecule has 0 heterocycles. The van der Waals surface area contributed by atoms with E-state index in [9.17, 15) is 14.4 Å². The van der Waals surface area contributed by atoms with Gasteiger partial charge in [0.1, 0.15) is 0 Å². The van der Waals surface area contributed by atoms with Gasteiger partial charge in [-0.3, -0.25) is 14.4 Å². The first-order chi connectivity index (χ1) is 12.8. The highest BCUT2D eigenvalue weighted by Crippen LogP contribution is 2.20. The Hall–Kier alpha value is -2.37. The number of aryl methyl sites for hydroxylation is 1. The lowest BCUT2D eigenvalue weighted by Gasteiger charge is -2.24. The zero-order chi connectivity index (χ0) is 19.8. The first-order valence-electron chi connectivity index (χ1n) is 9.68. The lowest BCUT2D eigenvalue weighted by Crippen LogP contribution is -2.43. The summed E-state index contributed by atoms with van der Waals surface area (Å²) in [6.45, 7) is 4.96. The molecule has 1 aromatic carbocycles. The van der Waals surface area contributed by atoms with Crippen molar-refractivity contribution in [2.24, 2.45) is 0 Å². The molecule has 1 aromatic rings. The fourth-order valence-corrected chi connectivity index (χ4v) is 3.33. The first kappa shape index (κ1) is 20.9. The molecule has 0 bridgehead atoms. The number of amides is 2. The number of hydrogen-bond acceptors (Lipinski definition) is 4. The second kappa shape index (κ2) is 10.1. The Kier molecular flexibility index (Phi) is 7.82. The van der Waals surface area contributed by atoms with E-state index in [2.05, 4.69) is 10.6 Å². The van der Waals surface area contributed by atoms with E-state index in [1.54, 1.807) is 6.92 Å². The van der Waals surface area contributed by atoms with Crippen molar-refractivity contribution in [2.75, 3.05) is 0 Å². The molecule has 1 saturated carbocycles. The molecule has 2 amide bonds. The summed E-state index contributed by atoms with van der Waals surface area (Å²) >= 11 is 0. The van der Waals surface area contributed by atoms with Crippen molar-refractivity contribution in [1.29, 1.82) is 0 Å². The molecule has 148 valence electrons.